The van der Waals surface area contributed by atoms with Crippen LogP contribution in [-0.2, 0) is 33.9 Å². The van der Waals surface area contributed by atoms with E-state index in [9.17, 15) is 19.2 Å². The Morgan fingerprint density at radius 1 is 0.878 bits per heavy atom. The number of rotatable bonds is 13. The smallest absolute Gasteiger partial charge is 0.407 e. The number of carbonyl (C=O) groups excluding carboxylic acids is 4. The number of nitrogens with zero attached hydrogens (tertiary/aromatic N) is 1. The molecule has 0 aromatic heterocycles. The summed E-state index contributed by atoms with van der Waals surface area (Å²) in [6.45, 7) is 0.335. The van der Waals surface area contributed by atoms with E-state index in [1.54, 1.807) is 36.4 Å². The quantitative estimate of drug-likeness (QED) is 0.211. The highest BCUT2D eigenvalue weighted by Gasteiger charge is 2.29. The Morgan fingerprint density at radius 2 is 1.56 bits per heavy atom. The lowest BCUT2D eigenvalue weighted by Crippen LogP contribution is -2.49. The van der Waals surface area contributed by atoms with Crippen LogP contribution >= 0.6 is 23.2 Å². The van der Waals surface area contributed by atoms with Crippen LogP contribution in [-0.4, -0.2) is 41.4 Å². The third kappa shape index (κ3) is 10.3. The van der Waals surface area contributed by atoms with Crippen molar-refractivity contribution in [2.75, 3.05) is 11.9 Å². The molecule has 1 atom stereocenters. The molecule has 6 N–H and O–H groups in total. The van der Waals surface area contributed by atoms with Crippen molar-refractivity contribution in [2.24, 2.45) is 11.5 Å². The first-order valence-corrected chi connectivity index (χ1v) is 13.5. The minimum Gasteiger partial charge on any atom is -0.445 e. The van der Waals surface area contributed by atoms with Gasteiger partial charge in [0.15, 0.2) is 0 Å². The number of amides is 5. The van der Waals surface area contributed by atoms with Gasteiger partial charge in [0.05, 0.1) is 17.1 Å². The number of alkyl carbamates (subject to hydrolysis) is 1. The van der Waals surface area contributed by atoms with Crippen molar-refractivity contribution >= 4 is 52.8 Å². The SMILES string of the molecule is NC(=O)Cc1ccc(CN(C(=O)Nc2ccc(Cl)cc2Cl)[C@H](CCCNC(=O)OCc2ccccc2)C(N)=O)cc1. The largest absolute Gasteiger partial charge is 0.445 e. The van der Waals surface area contributed by atoms with Gasteiger partial charge in [-0.1, -0.05) is 77.8 Å². The molecule has 0 heterocycles. The van der Waals surface area contributed by atoms with E-state index in [2.05, 4.69) is 10.6 Å². The summed E-state index contributed by atoms with van der Waals surface area (Å²) in [6.07, 6.45) is -0.0376. The van der Waals surface area contributed by atoms with Crippen molar-refractivity contribution in [3.63, 3.8) is 0 Å². The number of nitrogens with one attached hydrogen (secondary N) is 2. The van der Waals surface area contributed by atoms with Crippen molar-refractivity contribution in [3.8, 4) is 0 Å². The van der Waals surface area contributed by atoms with Crippen LogP contribution < -0.4 is 22.1 Å². The highest BCUT2D eigenvalue weighted by molar-refractivity contribution is 6.36. The lowest BCUT2D eigenvalue weighted by molar-refractivity contribution is -0.122. The molecule has 0 saturated heterocycles. The van der Waals surface area contributed by atoms with E-state index in [4.69, 9.17) is 39.4 Å². The van der Waals surface area contributed by atoms with Crippen LogP contribution in [0.5, 0.6) is 0 Å². The molecule has 0 aliphatic rings. The monoisotopic (exact) mass is 599 g/mol. The van der Waals surface area contributed by atoms with Crippen molar-refractivity contribution < 1.29 is 23.9 Å². The van der Waals surface area contributed by atoms with Gasteiger partial charge in [0.2, 0.25) is 11.8 Å². The van der Waals surface area contributed by atoms with Gasteiger partial charge in [0.1, 0.15) is 12.6 Å². The predicted molar refractivity (Wildman–Crippen MR) is 157 cm³/mol. The molecular formula is C29H31Cl2N5O5. The van der Waals surface area contributed by atoms with E-state index >= 15 is 0 Å². The van der Waals surface area contributed by atoms with Crippen LogP contribution in [0.2, 0.25) is 10.0 Å². The number of benzene rings is 3. The molecule has 0 aliphatic carbocycles. The fourth-order valence-electron chi connectivity index (χ4n) is 3.97. The summed E-state index contributed by atoms with van der Waals surface area (Å²) in [6, 6.07) is 19.1. The molecule has 3 rings (SSSR count). The Kier molecular flexibility index (Phi) is 11.8. The molecule has 5 amide bonds. The maximum Gasteiger partial charge on any atom is 0.407 e. The number of anilines is 1. The molecule has 10 nitrogen and oxygen atoms in total. The zero-order valence-electron chi connectivity index (χ0n) is 22.1. The second-order valence-electron chi connectivity index (χ2n) is 9.19. The van der Waals surface area contributed by atoms with E-state index in [1.165, 1.54) is 11.0 Å². The van der Waals surface area contributed by atoms with Crippen molar-refractivity contribution in [1.29, 1.82) is 0 Å². The highest BCUT2D eigenvalue weighted by Crippen LogP contribution is 2.26. The van der Waals surface area contributed by atoms with Gasteiger partial charge in [-0.3, -0.25) is 9.59 Å². The number of hydrogen-bond acceptors (Lipinski definition) is 5. The molecule has 12 heteroatoms. The number of carbonyl (C=O) groups is 4. The Hall–Kier alpha value is -4.28. The van der Waals surface area contributed by atoms with E-state index in [-0.39, 0.29) is 37.6 Å². The molecule has 3 aromatic carbocycles. The summed E-state index contributed by atoms with van der Waals surface area (Å²) in [5, 5.41) is 5.96. The van der Waals surface area contributed by atoms with E-state index in [1.807, 2.05) is 30.3 Å². The number of primary amides is 2. The van der Waals surface area contributed by atoms with Gasteiger partial charge < -0.3 is 31.7 Å². The summed E-state index contributed by atoms with van der Waals surface area (Å²) >= 11 is 12.2. The lowest BCUT2D eigenvalue weighted by Gasteiger charge is -2.30. The number of urea groups is 1. The zero-order chi connectivity index (χ0) is 29.8. The Bertz CT molecular complexity index is 1360. The van der Waals surface area contributed by atoms with E-state index < -0.39 is 30.0 Å². The Labute approximate surface area is 247 Å². The average Bonchev–Trinajstić information content (AvgIpc) is 2.93. The van der Waals surface area contributed by atoms with Gasteiger partial charge >= 0.3 is 12.1 Å². The molecular weight excluding hydrogens is 569 g/mol. The van der Waals surface area contributed by atoms with Gasteiger partial charge in [-0.15, -0.1) is 0 Å². The molecule has 216 valence electrons. The molecule has 0 aliphatic heterocycles. The third-order valence-electron chi connectivity index (χ3n) is 6.03. The first-order valence-electron chi connectivity index (χ1n) is 12.7. The summed E-state index contributed by atoms with van der Waals surface area (Å²) in [7, 11) is 0. The van der Waals surface area contributed by atoms with Crippen LogP contribution in [0.1, 0.15) is 29.5 Å². The molecule has 3 aromatic rings. The van der Waals surface area contributed by atoms with Gasteiger partial charge in [0.25, 0.3) is 0 Å². The van der Waals surface area contributed by atoms with Crippen molar-refractivity contribution in [1.82, 2.24) is 10.2 Å². The number of nitrogens with two attached hydrogens (primary N) is 2. The molecule has 41 heavy (non-hydrogen) atoms. The zero-order valence-corrected chi connectivity index (χ0v) is 23.7. The molecule has 0 radical (unpaired) electrons. The van der Waals surface area contributed by atoms with Crippen molar-refractivity contribution in [2.45, 2.75) is 38.5 Å². The first kappa shape index (κ1) is 31.3. The third-order valence-corrected chi connectivity index (χ3v) is 6.58. The fraction of sp³-hybridized carbons (Fsp3) is 0.241. The maximum atomic E-state index is 13.4. The Morgan fingerprint density at radius 3 is 2.20 bits per heavy atom. The van der Waals surface area contributed by atoms with Crippen molar-refractivity contribution in [3.05, 3.63) is 99.5 Å². The second kappa shape index (κ2) is 15.5. The van der Waals surface area contributed by atoms with Crippen LogP contribution in [0.15, 0.2) is 72.8 Å². The molecule has 0 spiro atoms. The Balaban J connectivity index is 1.68. The number of hydrogen-bond donors (Lipinski definition) is 4. The van der Waals surface area contributed by atoms with Gasteiger partial charge in [-0.25, -0.2) is 9.59 Å². The lowest BCUT2D eigenvalue weighted by atomic mass is 10.1. The topological polar surface area (TPSA) is 157 Å². The minimum atomic E-state index is -1.02. The summed E-state index contributed by atoms with van der Waals surface area (Å²) in [5.41, 5.74) is 13.5. The number of halogens is 2. The van der Waals surface area contributed by atoms with Gasteiger partial charge in [-0.05, 0) is 47.7 Å². The molecule has 0 unspecified atom stereocenters. The normalized spacial score (nSPS) is 11.3. The average molecular weight is 601 g/mol. The highest BCUT2D eigenvalue weighted by atomic mass is 35.5. The standard InChI is InChI=1S/C29H31Cl2N5O5/c30-22-12-13-24(23(31)16-22)35-28(39)36(17-20-10-8-19(9-11-20)15-26(32)37)25(27(33)38)7-4-14-34-29(40)41-18-21-5-2-1-3-6-21/h1-3,5-6,8-13,16,25H,4,7,14-15,17-18H2,(H2,32,37)(H2,33,38)(H,34,40)(H,35,39)/t25-/m1/s1. The van der Waals surface area contributed by atoms with E-state index in [0.717, 1.165) is 5.56 Å². The van der Waals surface area contributed by atoms with Crippen LogP contribution in [0, 0.1) is 0 Å². The van der Waals surface area contributed by atoms with Gasteiger partial charge in [-0.2, -0.15) is 0 Å². The van der Waals surface area contributed by atoms with Crippen LogP contribution in [0.4, 0.5) is 15.3 Å². The van der Waals surface area contributed by atoms with Gasteiger partial charge in [0, 0.05) is 18.1 Å². The second-order valence-corrected chi connectivity index (χ2v) is 10.0. The summed E-state index contributed by atoms with van der Waals surface area (Å²) in [4.78, 5) is 50.6. The first-order chi connectivity index (χ1) is 19.6. The number of ether oxygens (including phenoxy) is 1. The van der Waals surface area contributed by atoms with Crippen LogP contribution in [0.3, 0.4) is 0 Å². The fourth-order valence-corrected chi connectivity index (χ4v) is 4.43. The summed E-state index contributed by atoms with van der Waals surface area (Å²) in [5.74, 6) is -1.19. The summed E-state index contributed by atoms with van der Waals surface area (Å²) < 4.78 is 5.20. The molecule has 0 fully saturated rings. The molecule has 0 saturated carbocycles. The minimum absolute atomic E-state index is 0.0219. The van der Waals surface area contributed by atoms with Crippen LogP contribution in [0.25, 0.3) is 0 Å². The molecule has 0 bridgehead atoms. The van der Waals surface area contributed by atoms with E-state index in [0.29, 0.717) is 28.3 Å². The maximum absolute atomic E-state index is 13.4. The predicted octanol–water partition coefficient (Wildman–Crippen LogP) is 4.62.